The van der Waals surface area contributed by atoms with Crippen LogP contribution in [0.25, 0.3) is 0 Å². The molecule has 0 N–H and O–H groups in total. The summed E-state index contributed by atoms with van der Waals surface area (Å²) < 4.78 is 6.05. The Morgan fingerprint density at radius 3 is 2.37 bits per heavy atom. The van der Waals surface area contributed by atoms with Crippen LogP contribution in [0.5, 0.6) is 5.75 Å². The van der Waals surface area contributed by atoms with E-state index >= 15 is 0 Å². The Morgan fingerprint density at radius 1 is 1.00 bits per heavy atom. The van der Waals surface area contributed by atoms with Gasteiger partial charge < -0.3 is 4.74 Å². The van der Waals surface area contributed by atoms with Gasteiger partial charge in [-0.1, -0.05) is 36.4 Å². The van der Waals surface area contributed by atoms with Crippen molar-refractivity contribution in [3.8, 4) is 5.75 Å². The summed E-state index contributed by atoms with van der Waals surface area (Å²) >= 11 is 5.90. The van der Waals surface area contributed by atoms with Crippen LogP contribution in [0, 0.1) is 13.8 Å². The summed E-state index contributed by atoms with van der Waals surface area (Å²) in [5, 5.41) is 0. The predicted octanol–water partition coefficient (Wildman–Crippen LogP) is 5.05. The lowest BCUT2D eigenvalue weighted by Crippen LogP contribution is -2.09. The largest absolute Gasteiger partial charge is 0.486 e. The van der Waals surface area contributed by atoms with E-state index in [4.69, 9.17) is 16.3 Å². The van der Waals surface area contributed by atoms with E-state index in [-0.39, 0.29) is 6.10 Å². The standard InChI is InChI=1S/C17H19ClO/c1-13-8-9-15(12-14(13)2)17(10-11-18)19-16-6-4-3-5-7-16/h3-9,12,17H,10-11H2,1-2H3. The van der Waals surface area contributed by atoms with E-state index in [0.29, 0.717) is 5.88 Å². The molecule has 1 atom stereocenters. The quantitative estimate of drug-likeness (QED) is 0.693. The van der Waals surface area contributed by atoms with E-state index in [2.05, 4.69) is 32.0 Å². The van der Waals surface area contributed by atoms with Crippen molar-refractivity contribution in [1.29, 1.82) is 0 Å². The minimum Gasteiger partial charge on any atom is -0.486 e. The highest BCUT2D eigenvalue weighted by molar-refractivity contribution is 6.17. The molecule has 0 amide bonds. The number of halogens is 1. The second kappa shape index (κ2) is 6.63. The first-order valence-corrected chi connectivity index (χ1v) is 7.09. The van der Waals surface area contributed by atoms with E-state index < -0.39 is 0 Å². The molecular formula is C17H19ClO. The van der Waals surface area contributed by atoms with Crippen molar-refractivity contribution >= 4 is 11.6 Å². The fourth-order valence-electron chi connectivity index (χ4n) is 2.02. The Balaban J connectivity index is 2.21. The van der Waals surface area contributed by atoms with Crippen molar-refractivity contribution in [2.24, 2.45) is 0 Å². The third kappa shape index (κ3) is 3.74. The Morgan fingerprint density at radius 2 is 1.74 bits per heavy atom. The monoisotopic (exact) mass is 274 g/mol. The van der Waals surface area contributed by atoms with Gasteiger partial charge >= 0.3 is 0 Å². The number of hydrogen-bond donors (Lipinski definition) is 0. The molecule has 0 spiro atoms. The van der Waals surface area contributed by atoms with Crippen LogP contribution in [0.1, 0.15) is 29.2 Å². The molecule has 2 aromatic rings. The van der Waals surface area contributed by atoms with Crippen molar-refractivity contribution in [3.05, 3.63) is 65.2 Å². The Labute approximate surface area is 120 Å². The average molecular weight is 275 g/mol. The molecule has 100 valence electrons. The predicted molar refractivity (Wildman–Crippen MR) is 81.1 cm³/mol. The van der Waals surface area contributed by atoms with Crippen LogP contribution in [0.2, 0.25) is 0 Å². The van der Waals surface area contributed by atoms with Gasteiger partial charge in [-0.2, -0.15) is 0 Å². The number of alkyl halides is 1. The SMILES string of the molecule is Cc1ccc(C(CCCl)Oc2ccccc2)cc1C. The van der Waals surface area contributed by atoms with Gasteiger partial charge in [0.15, 0.2) is 0 Å². The summed E-state index contributed by atoms with van der Waals surface area (Å²) in [5.74, 6) is 1.47. The first kappa shape index (κ1) is 14.0. The van der Waals surface area contributed by atoms with Crippen molar-refractivity contribution in [2.45, 2.75) is 26.4 Å². The van der Waals surface area contributed by atoms with E-state index in [0.717, 1.165) is 12.2 Å². The van der Waals surface area contributed by atoms with E-state index in [1.54, 1.807) is 0 Å². The highest BCUT2D eigenvalue weighted by Gasteiger charge is 2.13. The average Bonchev–Trinajstić information content (AvgIpc) is 2.43. The summed E-state index contributed by atoms with van der Waals surface area (Å²) in [5.41, 5.74) is 3.77. The zero-order valence-electron chi connectivity index (χ0n) is 11.4. The van der Waals surface area contributed by atoms with Crippen LogP contribution in [0.15, 0.2) is 48.5 Å². The first-order valence-electron chi connectivity index (χ1n) is 6.55. The first-order chi connectivity index (χ1) is 9.20. The fraction of sp³-hybridized carbons (Fsp3) is 0.294. The van der Waals surface area contributed by atoms with Crippen molar-refractivity contribution in [1.82, 2.24) is 0 Å². The zero-order valence-corrected chi connectivity index (χ0v) is 12.2. The molecule has 0 aliphatic heterocycles. The lowest BCUT2D eigenvalue weighted by atomic mass is 10.0. The lowest BCUT2D eigenvalue weighted by Gasteiger charge is -2.19. The van der Waals surface area contributed by atoms with Gasteiger partial charge in [0.1, 0.15) is 11.9 Å². The molecule has 0 saturated carbocycles. The number of para-hydroxylation sites is 1. The van der Waals surface area contributed by atoms with Crippen LogP contribution in [0.3, 0.4) is 0 Å². The smallest absolute Gasteiger partial charge is 0.125 e. The topological polar surface area (TPSA) is 9.23 Å². The van der Waals surface area contributed by atoms with Crippen LogP contribution in [-0.2, 0) is 0 Å². The van der Waals surface area contributed by atoms with Gasteiger partial charge in [-0.15, -0.1) is 11.6 Å². The molecule has 0 bridgehead atoms. The molecule has 0 aromatic heterocycles. The number of aryl methyl sites for hydroxylation is 2. The summed E-state index contributed by atoms with van der Waals surface area (Å²) in [6.07, 6.45) is 0.818. The molecule has 0 saturated heterocycles. The summed E-state index contributed by atoms with van der Waals surface area (Å²) in [7, 11) is 0. The van der Waals surface area contributed by atoms with Crippen LogP contribution >= 0.6 is 11.6 Å². The third-order valence-corrected chi connectivity index (χ3v) is 3.51. The Hall–Kier alpha value is -1.47. The molecule has 0 fully saturated rings. The van der Waals surface area contributed by atoms with E-state index in [1.165, 1.54) is 16.7 Å². The highest BCUT2D eigenvalue weighted by Crippen LogP contribution is 2.26. The Kier molecular flexibility index (Phi) is 4.86. The number of ether oxygens (including phenoxy) is 1. The fourth-order valence-corrected chi connectivity index (χ4v) is 2.22. The highest BCUT2D eigenvalue weighted by atomic mass is 35.5. The summed E-state index contributed by atoms with van der Waals surface area (Å²) in [6.45, 7) is 4.24. The molecule has 1 unspecified atom stereocenters. The molecule has 2 heteroatoms. The van der Waals surface area contributed by atoms with Gasteiger partial charge in [-0.25, -0.2) is 0 Å². The maximum Gasteiger partial charge on any atom is 0.125 e. The Bertz CT molecular complexity index is 522. The normalized spacial score (nSPS) is 12.2. The summed E-state index contributed by atoms with van der Waals surface area (Å²) in [4.78, 5) is 0. The third-order valence-electron chi connectivity index (χ3n) is 3.30. The minimum atomic E-state index is 0.0131. The van der Waals surface area contributed by atoms with Crippen LogP contribution in [-0.4, -0.2) is 5.88 Å². The van der Waals surface area contributed by atoms with Gasteiger partial charge in [0.25, 0.3) is 0 Å². The summed E-state index contributed by atoms with van der Waals surface area (Å²) in [6, 6.07) is 16.4. The molecule has 0 heterocycles. The molecule has 0 aliphatic rings. The van der Waals surface area contributed by atoms with Crippen LogP contribution in [0.4, 0.5) is 0 Å². The van der Waals surface area contributed by atoms with E-state index in [9.17, 15) is 0 Å². The second-order valence-electron chi connectivity index (χ2n) is 4.74. The maximum atomic E-state index is 6.05. The maximum absolute atomic E-state index is 6.05. The van der Waals surface area contributed by atoms with Crippen LogP contribution < -0.4 is 4.74 Å². The molecule has 0 radical (unpaired) electrons. The minimum absolute atomic E-state index is 0.0131. The van der Waals surface area contributed by atoms with Gasteiger partial charge in [0.2, 0.25) is 0 Å². The lowest BCUT2D eigenvalue weighted by molar-refractivity contribution is 0.202. The molecule has 0 aliphatic carbocycles. The van der Waals surface area contributed by atoms with E-state index in [1.807, 2.05) is 30.3 Å². The number of rotatable bonds is 5. The van der Waals surface area contributed by atoms with Crippen molar-refractivity contribution in [3.63, 3.8) is 0 Å². The van der Waals surface area contributed by atoms with Gasteiger partial charge in [-0.05, 0) is 42.7 Å². The van der Waals surface area contributed by atoms with Gasteiger partial charge in [-0.3, -0.25) is 0 Å². The molecular weight excluding hydrogens is 256 g/mol. The molecule has 1 nitrogen and oxygen atoms in total. The van der Waals surface area contributed by atoms with Crippen molar-refractivity contribution in [2.75, 3.05) is 5.88 Å². The van der Waals surface area contributed by atoms with Gasteiger partial charge in [0, 0.05) is 12.3 Å². The molecule has 19 heavy (non-hydrogen) atoms. The zero-order chi connectivity index (χ0) is 13.7. The number of hydrogen-bond acceptors (Lipinski definition) is 1. The number of benzene rings is 2. The van der Waals surface area contributed by atoms with Crippen molar-refractivity contribution < 1.29 is 4.74 Å². The van der Waals surface area contributed by atoms with Gasteiger partial charge in [0.05, 0.1) is 0 Å². The second-order valence-corrected chi connectivity index (χ2v) is 5.12. The molecule has 2 aromatic carbocycles. The molecule has 2 rings (SSSR count).